The van der Waals surface area contributed by atoms with Crippen molar-refractivity contribution in [3.8, 4) is 5.75 Å². The summed E-state index contributed by atoms with van der Waals surface area (Å²) in [6, 6.07) is 7.72. The van der Waals surface area contributed by atoms with E-state index >= 15 is 0 Å². The van der Waals surface area contributed by atoms with Crippen molar-refractivity contribution in [1.29, 1.82) is 0 Å². The van der Waals surface area contributed by atoms with Gasteiger partial charge in [0.1, 0.15) is 11.4 Å². The molecule has 4 nitrogen and oxygen atoms in total. The number of aromatic amines is 1. The molecule has 5 aliphatic carbocycles. The van der Waals surface area contributed by atoms with E-state index < -0.39 is 0 Å². The second-order valence-electron chi connectivity index (χ2n) is 7.20. The normalized spacial score (nSPS) is 28.0. The van der Waals surface area contributed by atoms with Gasteiger partial charge in [0.15, 0.2) is 0 Å². The molecule has 3 saturated carbocycles. The smallest absolute Gasteiger partial charge is 0.271 e. The zero-order valence-corrected chi connectivity index (χ0v) is 13.2. The first-order valence-electron chi connectivity index (χ1n) is 8.42. The van der Waals surface area contributed by atoms with Gasteiger partial charge in [-0.15, -0.1) is 0 Å². The lowest BCUT2D eigenvalue weighted by Crippen LogP contribution is -2.45. The number of hydrogen-bond donors (Lipinski definition) is 2. The highest BCUT2D eigenvalue weighted by atomic mass is 16.5. The van der Waals surface area contributed by atoms with E-state index in [-0.39, 0.29) is 5.91 Å². The highest BCUT2D eigenvalue weighted by Crippen LogP contribution is 2.58. The molecule has 1 amide bonds. The number of allylic oxidation sites excluding steroid dienone is 2. The zero-order chi connectivity index (χ0) is 15.6. The number of ether oxygens (including phenoxy) is 1. The summed E-state index contributed by atoms with van der Waals surface area (Å²) in [7, 11) is 1.65. The van der Waals surface area contributed by atoms with Crippen LogP contribution in [0.1, 0.15) is 36.2 Å². The summed E-state index contributed by atoms with van der Waals surface area (Å²) in [5.41, 5.74) is 4.32. The van der Waals surface area contributed by atoms with Crippen molar-refractivity contribution in [3.05, 3.63) is 41.2 Å². The van der Waals surface area contributed by atoms with E-state index in [9.17, 15) is 4.79 Å². The van der Waals surface area contributed by atoms with Crippen LogP contribution < -0.4 is 10.1 Å². The number of fused-ring (bicyclic) bond motifs is 2. The van der Waals surface area contributed by atoms with Gasteiger partial charge in [-0.25, -0.2) is 0 Å². The predicted octanol–water partition coefficient (Wildman–Crippen LogP) is 3.61. The van der Waals surface area contributed by atoms with Crippen LogP contribution in [-0.2, 0) is 0 Å². The van der Waals surface area contributed by atoms with Crippen molar-refractivity contribution in [2.24, 2.45) is 17.8 Å². The fourth-order valence-corrected chi connectivity index (χ4v) is 4.87. The van der Waals surface area contributed by atoms with Gasteiger partial charge in [0.05, 0.1) is 7.11 Å². The van der Waals surface area contributed by atoms with Crippen LogP contribution in [0.25, 0.3) is 10.9 Å². The molecule has 23 heavy (non-hydrogen) atoms. The fraction of sp³-hybridized carbons (Fsp3) is 0.421. The topological polar surface area (TPSA) is 54.1 Å². The van der Waals surface area contributed by atoms with Crippen molar-refractivity contribution in [3.63, 3.8) is 0 Å². The molecule has 118 valence electrons. The second-order valence-corrected chi connectivity index (χ2v) is 7.20. The molecule has 1 aromatic heterocycles. The van der Waals surface area contributed by atoms with Gasteiger partial charge in [0.25, 0.3) is 5.91 Å². The zero-order valence-electron chi connectivity index (χ0n) is 13.2. The molecule has 4 heteroatoms. The van der Waals surface area contributed by atoms with Crippen molar-refractivity contribution < 1.29 is 9.53 Å². The van der Waals surface area contributed by atoms with Gasteiger partial charge in [0, 0.05) is 22.7 Å². The molecule has 7 rings (SSSR count). The van der Waals surface area contributed by atoms with E-state index in [2.05, 4.69) is 10.3 Å². The van der Waals surface area contributed by atoms with Gasteiger partial charge in [0.2, 0.25) is 0 Å². The second kappa shape index (κ2) is 4.63. The van der Waals surface area contributed by atoms with Gasteiger partial charge >= 0.3 is 0 Å². The molecule has 2 atom stereocenters. The van der Waals surface area contributed by atoms with Crippen LogP contribution in [0.4, 0.5) is 0 Å². The number of rotatable bonds is 3. The Morgan fingerprint density at radius 1 is 1.22 bits per heavy atom. The predicted molar refractivity (Wildman–Crippen MR) is 88.3 cm³/mol. The van der Waals surface area contributed by atoms with E-state index in [0.29, 0.717) is 5.69 Å². The molecule has 3 fully saturated rings. The van der Waals surface area contributed by atoms with Gasteiger partial charge < -0.3 is 15.0 Å². The molecule has 5 aliphatic rings. The van der Waals surface area contributed by atoms with E-state index in [1.54, 1.807) is 12.7 Å². The molecular formula is C19H20N2O2. The first-order valence-corrected chi connectivity index (χ1v) is 8.42. The number of aromatic nitrogens is 1. The maximum absolute atomic E-state index is 12.6. The minimum atomic E-state index is -0.0189. The molecule has 2 aromatic rings. The fourth-order valence-electron chi connectivity index (χ4n) is 4.87. The Kier molecular flexibility index (Phi) is 2.67. The summed E-state index contributed by atoms with van der Waals surface area (Å²) in [6.45, 7) is 0. The van der Waals surface area contributed by atoms with Crippen LogP contribution in [0.3, 0.4) is 0 Å². The number of hydrogen-bond acceptors (Lipinski definition) is 2. The molecular weight excluding hydrogens is 288 g/mol. The maximum atomic E-state index is 12.6. The molecule has 0 saturated heterocycles. The number of amides is 1. The molecule has 1 heterocycles. The Morgan fingerprint density at radius 2 is 2.04 bits per heavy atom. The highest BCUT2D eigenvalue weighted by molar-refractivity contribution is 5.99. The number of carbonyl (C=O) groups excluding carboxylic acids is 1. The molecule has 2 N–H and O–H groups in total. The van der Waals surface area contributed by atoms with Crippen LogP contribution in [0.5, 0.6) is 5.75 Å². The van der Waals surface area contributed by atoms with Crippen LogP contribution in [-0.4, -0.2) is 18.0 Å². The van der Waals surface area contributed by atoms with Crippen LogP contribution in [0.2, 0.25) is 0 Å². The van der Waals surface area contributed by atoms with Crippen molar-refractivity contribution >= 4 is 16.8 Å². The molecule has 1 aromatic carbocycles. The van der Waals surface area contributed by atoms with E-state index in [1.807, 2.05) is 24.3 Å². The monoisotopic (exact) mass is 308 g/mol. The van der Waals surface area contributed by atoms with Gasteiger partial charge in [-0.3, -0.25) is 4.79 Å². The SMILES string of the molecule is COc1ccc2cc(C(=O)NC3=C4C5CC(C3)CC4C5)[nH]c2c1. The van der Waals surface area contributed by atoms with Gasteiger partial charge in [-0.05, 0) is 67.2 Å². The van der Waals surface area contributed by atoms with Crippen LogP contribution in [0.15, 0.2) is 35.5 Å². The third-order valence-corrected chi connectivity index (χ3v) is 5.86. The summed E-state index contributed by atoms with van der Waals surface area (Å²) < 4.78 is 5.24. The van der Waals surface area contributed by atoms with Gasteiger partial charge in [-0.2, -0.15) is 0 Å². The Bertz CT molecular complexity index is 834. The summed E-state index contributed by atoms with van der Waals surface area (Å²) in [5.74, 6) is 3.08. The molecule has 0 aliphatic heterocycles. The standard InChI is InChI=1S/C19H20N2O2/c1-23-14-3-2-11-8-17(20-15(11)9-14)19(22)21-16-6-10-4-12-7-13(5-10)18(12)16/h2-3,8-10,12-13,20H,4-7H2,1H3,(H,21,22). The van der Waals surface area contributed by atoms with Crippen molar-refractivity contribution in [2.75, 3.05) is 7.11 Å². The lowest BCUT2D eigenvalue weighted by atomic mass is 9.53. The minimum absolute atomic E-state index is 0.0189. The quantitative estimate of drug-likeness (QED) is 0.910. The average Bonchev–Trinajstić information content (AvgIpc) is 2.97. The summed E-state index contributed by atoms with van der Waals surface area (Å²) >= 11 is 0. The Labute approximate surface area is 134 Å². The average molecular weight is 308 g/mol. The van der Waals surface area contributed by atoms with Crippen LogP contribution in [0, 0.1) is 17.8 Å². The summed E-state index contributed by atoms with van der Waals surface area (Å²) in [5, 5.41) is 4.22. The molecule has 2 unspecified atom stereocenters. The summed E-state index contributed by atoms with van der Waals surface area (Å²) in [4.78, 5) is 15.8. The van der Waals surface area contributed by atoms with E-state index in [4.69, 9.17) is 4.74 Å². The maximum Gasteiger partial charge on any atom is 0.271 e. The van der Waals surface area contributed by atoms with Crippen molar-refractivity contribution in [1.82, 2.24) is 10.3 Å². The number of carbonyl (C=O) groups is 1. The molecule has 0 spiro atoms. The largest absolute Gasteiger partial charge is 0.497 e. The first kappa shape index (κ1) is 13.2. The number of H-pyrrole nitrogens is 1. The Hall–Kier alpha value is -2.23. The van der Waals surface area contributed by atoms with E-state index in [1.165, 1.54) is 25.0 Å². The van der Waals surface area contributed by atoms with Crippen LogP contribution >= 0.6 is 0 Å². The number of nitrogens with one attached hydrogen (secondary N) is 2. The third kappa shape index (κ3) is 1.94. The first-order chi connectivity index (χ1) is 11.2. The molecule has 4 bridgehead atoms. The van der Waals surface area contributed by atoms with Gasteiger partial charge in [-0.1, -0.05) is 0 Å². The highest BCUT2D eigenvalue weighted by Gasteiger charge is 2.48. The summed E-state index contributed by atoms with van der Waals surface area (Å²) in [6.07, 6.45) is 5.09. The number of methoxy groups -OCH3 is 1. The van der Waals surface area contributed by atoms with Crippen molar-refractivity contribution in [2.45, 2.75) is 25.7 Å². The lowest BCUT2D eigenvalue weighted by Gasteiger charge is -2.53. The Morgan fingerprint density at radius 3 is 2.78 bits per heavy atom. The lowest BCUT2D eigenvalue weighted by molar-refractivity contribution is 0.0916. The third-order valence-electron chi connectivity index (χ3n) is 5.86. The Balaban J connectivity index is 1.43. The minimum Gasteiger partial charge on any atom is -0.497 e. The number of benzene rings is 1. The molecule has 0 radical (unpaired) electrons. The van der Waals surface area contributed by atoms with E-state index in [0.717, 1.165) is 40.8 Å².